The molecule has 9 nitrogen and oxygen atoms in total. The first-order chi connectivity index (χ1) is 17.1. The number of hydrogen-bond acceptors (Lipinski definition) is 7. The van der Waals surface area contributed by atoms with E-state index in [1.165, 1.54) is 4.90 Å². The second-order valence-electron chi connectivity index (χ2n) is 7.54. The third-order valence-electron chi connectivity index (χ3n) is 5.18. The van der Waals surface area contributed by atoms with Gasteiger partial charge in [0.2, 0.25) is 12.3 Å². The number of aliphatic hydroxyl groups excluding tert-OH is 1. The molecule has 0 unspecified atom stereocenters. The molecule has 0 fully saturated rings. The number of carbonyl (C=O) groups excluding carboxylic acids is 2. The molecule has 0 radical (unpaired) electrons. The molecule has 0 aliphatic rings. The molecule has 0 saturated carbocycles. The smallest absolute Gasteiger partial charge is 0.255 e. The normalized spacial score (nSPS) is 10.7. The lowest BCUT2D eigenvalue weighted by Gasteiger charge is -2.15. The number of nitrogens with one attached hydrogen (secondary N) is 1. The molecule has 1 aromatic heterocycles. The standard InChI is InChI=1S/C26H25N3O6/c27-21-5-1-2-6-22(21)28-26(32)18-8-10-20(11-9-18)33-14-12-29(17-31)24-16-19-4-3-7-23(25(19)35-24)34-15-13-30/h1-11,16-17,30H,12-15,27H2,(H,28,32). The Balaban J connectivity index is 1.34. The van der Waals surface area contributed by atoms with Crippen LogP contribution in [0.1, 0.15) is 10.4 Å². The summed E-state index contributed by atoms with van der Waals surface area (Å²) in [5, 5.41) is 12.5. The quantitative estimate of drug-likeness (QED) is 0.223. The van der Waals surface area contributed by atoms with E-state index in [1.54, 1.807) is 66.7 Å². The van der Waals surface area contributed by atoms with Gasteiger partial charge in [0.25, 0.3) is 5.91 Å². The molecule has 0 aliphatic heterocycles. The van der Waals surface area contributed by atoms with E-state index in [-0.39, 0.29) is 32.3 Å². The van der Waals surface area contributed by atoms with Crippen LogP contribution in [-0.2, 0) is 4.79 Å². The van der Waals surface area contributed by atoms with Gasteiger partial charge < -0.3 is 30.0 Å². The van der Waals surface area contributed by atoms with E-state index in [0.29, 0.717) is 46.3 Å². The highest BCUT2D eigenvalue weighted by Gasteiger charge is 2.15. The Kier molecular flexibility index (Phi) is 7.49. The molecular formula is C26H25N3O6. The molecule has 0 atom stereocenters. The Morgan fingerprint density at radius 1 is 1.03 bits per heavy atom. The van der Waals surface area contributed by atoms with E-state index in [2.05, 4.69) is 5.32 Å². The first-order valence-electron chi connectivity index (χ1n) is 11.0. The average Bonchev–Trinajstić information content (AvgIpc) is 3.32. The van der Waals surface area contributed by atoms with E-state index >= 15 is 0 Å². The molecule has 4 aromatic rings. The van der Waals surface area contributed by atoms with Crippen LogP contribution in [0.3, 0.4) is 0 Å². The van der Waals surface area contributed by atoms with Crippen LogP contribution < -0.4 is 25.4 Å². The lowest BCUT2D eigenvalue weighted by molar-refractivity contribution is -0.107. The van der Waals surface area contributed by atoms with E-state index in [0.717, 1.165) is 5.39 Å². The summed E-state index contributed by atoms with van der Waals surface area (Å²) in [5.74, 6) is 1.11. The number of nitrogens with two attached hydrogens (primary N) is 1. The van der Waals surface area contributed by atoms with Crippen LogP contribution in [-0.4, -0.2) is 43.8 Å². The number of amides is 2. The minimum Gasteiger partial charge on any atom is -0.492 e. The number of carbonyl (C=O) groups is 2. The number of aliphatic hydroxyl groups is 1. The SMILES string of the molecule is Nc1ccccc1NC(=O)c1ccc(OCCN(C=O)c2cc3cccc(OCCO)c3o2)cc1. The van der Waals surface area contributed by atoms with Gasteiger partial charge in [-0.25, -0.2) is 0 Å². The van der Waals surface area contributed by atoms with E-state index in [4.69, 9.17) is 24.7 Å². The molecule has 0 bridgehead atoms. The fourth-order valence-electron chi connectivity index (χ4n) is 3.42. The van der Waals surface area contributed by atoms with Gasteiger partial charge in [0.1, 0.15) is 19.0 Å². The molecule has 0 spiro atoms. The number of benzene rings is 3. The zero-order chi connectivity index (χ0) is 24.6. The van der Waals surface area contributed by atoms with Crippen molar-refractivity contribution in [1.29, 1.82) is 0 Å². The zero-order valence-electron chi connectivity index (χ0n) is 18.8. The fourth-order valence-corrected chi connectivity index (χ4v) is 3.42. The predicted molar refractivity (Wildman–Crippen MR) is 133 cm³/mol. The second-order valence-corrected chi connectivity index (χ2v) is 7.54. The van der Waals surface area contributed by atoms with Crippen molar-refractivity contribution in [1.82, 2.24) is 0 Å². The van der Waals surface area contributed by atoms with Crippen LogP contribution in [0.4, 0.5) is 17.3 Å². The summed E-state index contributed by atoms with van der Waals surface area (Å²) in [6.45, 7) is 0.470. The summed E-state index contributed by atoms with van der Waals surface area (Å²) in [7, 11) is 0. The van der Waals surface area contributed by atoms with Crippen molar-refractivity contribution >= 4 is 40.5 Å². The lowest BCUT2D eigenvalue weighted by Crippen LogP contribution is -2.26. The molecular weight excluding hydrogens is 450 g/mol. The highest BCUT2D eigenvalue weighted by Crippen LogP contribution is 2.32. The highest BCUT2D eigenvalue weighted by atomic mass is 16.5. The summed E-state index contributed by atoms with van der Waals surface area (Å²) in [4.78, 5) is 25.5. The maximum absolute atomic E-state index is 12.4. The van der Waals surface area contributed by atoms with Crippen molar-refractivity contribution in [2.45, 2.75) is 0 Å². The van der Waals surface area contributed by atoms with Crippen molar-refractivity contribution in [2.24, 2.45) is 0 Å². The van der Waals surface area contributed by atoms with Crippen molar-refractivity contribution in [2.75, 3.05) is 42.3 Å². The van der Waals surface area contributed by atoms with E-state index in [1.807, 2.05) is 6.07 Å². The predicted octanol–water partition coefficient (Wildman–Crippen LogP) is 3.68. The summed E-state index contributed by atoms with van der Waals surface area (Å²) in [5.41, 5.74) is 7.85. The molecule has 4 rings (SSSR count). The number of furan rings is 1. The van der Waals surface area contributed by atoms with Gasteiger partial charge in [0, 0.05) is 17.0 Å². The van der Waals surface area contributed by atoms with Crippen molar-refractivity contribution < 1.29 is 28.6 Å². The highest BCUT2D eigenvalue weighted by molar-refractivity contribution is 6.05. The van der Waals surface area contributed by atoms with Crippen molar-refractivity contribution in [3.05, 3.63) is 78.4 Å². The molecule has 3 aromatic carbocycles. The van der Waals surface area contributed by atoms with Gasteiger partial charge in [-0.15, -0.1) is 0 Å². The van der Waals surface area contributed by atoms with Gasteiger partial charge >= 0.3 is 0 Å². The van der Waals surface area contributed by atoms with Gasteiger partial charge in [-0.3, -0.25) is 14.5 Å². The number of nitrogens with zero attached hydrogens (tertiary/aromatic N) is 1. The molecule has 1 heterocycles. The van der Waals surface area contributed by atoms with Gasteiger partial charge in [-0.2, -0.15) is 0 Å². The Hall–Kier alpha value is -4.50. The summed E-state index contributed by atoms with van der Waals surface area (Å²) in [6.07, 6.45) is 0.665. The Morgan fingerprint density at radius 3 is 2.57 bits per heavy atom. The Bertz CT molecular complexity index is 1300. The molecule has 0 aliphatic carbocycles. The number of rotatable bonds is 11. The monoisotopic (exact) mass is 475 g/mol. The summed E-state index contributed by atoms with van der Waals surface area (Å²) in [6, 6.07) is 20.8. The van der Waals surface area contributed by atoms with Crippen molar-refractivity contribution in [3.8, 4) is 11.5 Å². The summed E-state index contributed by atoms with van der Waals surface area (Å²) < 4.78 is 17.1. The van der Waals surface area contributed by atoms with Gasteiger partial charge in [-0.1, -0.05) is 24.3 Å². The third kappa shape index (κ3) is 5.71. The first-order valence-corrected chi connectivity index (χ1v) is 11.0. The maximum atomic E-state index is 12.4. The number of nitrogen functional groups attached to an aromatic ring is 1. The van der Waals surface area contributed by atoms with Gasteiger partial charge in [0.05, 0.1) is 24.5 Å². The molecule has 9 heteroatoms. The lowest BCUT2D eigenvalue weighted by atomic mass is 10.2. The average molecular weight is 476 g/mol. The van der Waals surface area contributed by atoms with E-state index in [9.17, 15) is 9.59 Å². The van der Waals surface area contributed by atoms with Crippen LogP contribution in [0.2, 0.25) is 0 Å². The van der Waals surface area contributed by atoms with Crippen LogP contribution in [0, 0.1) is 0 Å². The number of para-hydroxylation sites is 3. The van der Waals surface area contributed by atoms with Gasteiger partial charge in [0.15, 0.2) is 11.3 Å². The van der Waals surface area contributed by atoms with Crippen LogP contribution >= 0.6 is 0 Å². The number of ether oxygens (including phenoxy) is 2. The minimum atomic E-state index is -0.284. The third-order valence-corrected chi connectivity index (χ3v) is 5.18. The zero-order valence-corrected chi connectivity index (χ0v) is 18.8. The largest absolute Gasteiger partial charge is 0.492 e. The molecule has 35 heavy (non-hydrogen) atoms. The Labute approximate surface area is 201 Å². The molecule has 4 N–H and O–H groups in total. The summed E-state index contributed by atoms with van der Waals surface area (Å²) >= 11 is 0. The Morgan fingerprint density at radius 2 is 1.83 bits per heavy atom. The van der Waals surface area contributed by atoms with E-state index < -0.39 is 0 Å². The second kappa shape index (κ2) is 11.1. The number of hydrogen-bond donors (Lipinski definition) is 3. The fraction of sp³-hybridized carbons (Fsp3) is 0.154. The molecule has 0 saturated heterocycles. The van der Waals surface area contributed by atoms with Crippen LogP contribution in [0.5, 0.6) is 11.5 Å². The van der Waals surface area contributed by atoms with Crippen LogP contribution in [0.15, 0.2) is 77.2 Å². The van der Waals surface area contributed by atoms with Crippen LogP contribution in [0.25, 0.3) is 11.0 Å². The number of fused-ring (bicyclic) bond motifs is 1. The molecule has 180 valence electrons. The minimum absolute atomic E-state index is 0.116. The first kappa shape index (κ1) is 23.7. The topological polar surface area (TPSA) is 127 Å². The molecule has 2 amide bonds. The van der Waals surface area contributed by atoms with Gasteiger partial charge in [-0.05, 0) is 42.5 Å². The van der Waals surface area contributed by atoms with Crippen molar-refractivity contribution in [3.63, 3.8) is 0 Å². The number of anilines is 3. The maximum Gasteiger partial charge on any atom is 0.255 e.